The lowest BCUT2D eigenvalue weighted by Gasteiger charge is -2.21. The lowest BCUT2D eigenvalue weighted by atomic mass is 10.2. The van der Waals surface area contributed by atoms with Crippen molar-refractivity contribution in [3.63, 3.8) is 0 Å². The minimum Gasteiger partial charge on any atom is -0.465 e. The van der Waals surface area contributed by atoms with E-state index in [0.717, 1.165) is 24.1 Å². The highest BCUT2D eigenvalue weighted by molar-refractivity contribution is 7.14. The molecule has 2 heterocycles. The van der Waals surface area contributed by atoms with E-state index >= 15 is 0 Å². The van der Waals surface area contributed by atoms with Gasteiger partial charge in [-0.05, 0) is 31.1 Å². The number of nitrogens with one attached hydrogen (secondary N) is 1. The average molecular weight is 311 g/mol. The maximum absolute atomic E-state index is 11.6. The van der Waals surface area contributed by atoms with Crippen molar-refractivity contribution in [1.29, 1.82) is 0 Å². The van der Waals surface area contributed by atoms with Gasteiger partial charge in [-0.15, -0.1) is 11.3 Å². The minimum atomic E-state index is -0.387. The molecule has 1 aliphatic rings. The highest BCUT2D eigenvalue weighted by atomic mass is 32.1. The zero-order valence-electron chi connectivity index (χ0n) is 11.7. The van der Waals surface area contributed by atoms with Crippen molar-refractivity contribution in [2.75, 3.05) is 13.7 Å². The quantitative estimate of drug-likeness (QED) is 0.512. The van der Waals surface area contributed by atoms with Crippen LogP contribution in [0.3, 0.4) is 0 Å². The Bertz CT molecular complexity index is 519. The smallest absolute Gasteiger partial charge is 0.348 e. The van der Waals surface area contributed by atoms with Crippen molar-refractivity contribution in [3.8, 4) is 0 Å². The van der Waals surface area contributed by atoms with E-state index in [9.17, 15) is 9.59 Å². The van der Waals surface area contributed by atoms with Gasteiger partial charge >= 0.3 is 5.97 Å². The van der Waals surface area contributed by atoms with Crippen LogP contribution in [0.5, 0.6) is 0 Å². The number of hydroxylamine groups is 1. The molecule has 2 rings (SSSR count). The normalized spacial score (nSPS) is 18.6. The van der Waals surface area contributed by atoms with Crippen molar-refractivity contribution in [2.24, 2.45) is 0 Å². The van der Waals surface area contributed by atoms with E-state index in [1.807, 2.05) is 0 Å². The van der Waals surface area contributed by atoms with Crippen LogP contribution < -0.4 is 5.48 Å². The van der Waals surface area contributed by atoms with E-state index in [0.29, 0.717) is 11.5 Å². The summed E-state index contributed by atoms with van der Waals surface area (Å²) in [4.78, 5) is 29.3. The van der Waals surface area contributed by atoms with Crippen LogP contribution in [0.15, 0.2) is 18.2 Å². The molecule has 1 saturated heterocycles. The summed E-state index contributed by atoms with van der Waals surface area (Å²) >= 11 is 1.25. The zero-order valence-corrected chi connectivity index (χ0v) is 12.5. The summed E-state index contributed by atoms with van der Waals surface area (Å²) in [5.74, 6) is -0.765. The monoisotopic (exact) mass is 311 g/mol. The molecular formula is C14H17NO5S. The van der Waals surface area contributed by atoms with E-state index in [2.05, 4.69) is 10.2 Å². The summed E-state index contributed by atoms with van der Waals surface area (Å²) in [7, 11) is 1.33. The number of carbonyl (C=O) groups excluding carboxylic acids is 2. The Kier molecular flexibility index (Phi) is 5.91. The average Bonchev–Trinajstić information content (AvgIpc) is 3.00. The minimum absolute atomic E-state index is 0.372. The molecule has 0 aromatic carbocycles. The maximum Gasteiger partial charge on any atom is 0.348 e. The predicted molar refractivity (Wildman–Crippen MR) is 77.5 cm³/mol. The molecule has 1 aromatic heterocycles. The topological polar surface area (TPSA) is 73.9 Å². The number of hydrogen-bond acceptors (Lipinski definition) is 6. The number of ether oxygens (including phenoxy) is 2. The lowest BCUT2D eigenvalue weighted by molar-refractivity contribution is -0.198. The molecule has 0 aliphatic carbocycles. The fourth-order valence-electron chi connectivity index (χ4n) is 1.77. The first-order valence-electron chi connectivity index (χ1n) is 6.62. The molecular weight excluding hydrogens is 294 g/mol. The molecule has 6 nitrogen and oxygen atoms in total. The summed E-state index contributed by atoms with van der Waals surface area (Å²) in [6, 6.07) is 3.40. The first-order valence-corrected chi connectivity index (χ1v) is 7.44. The van der Waals surface area contributed by atoms with Gasteiger partial charge in [-0.2, -0.15) is 0 Å². The Balaban J connectivity index is 1.78. The first-order chi connectivity index (χ1) is 10.2. The van der Waals surface area contributed by atoms with E-state index in [1.54, 1.807) is 18.2 Å². The Morgan fingerprint density at radius 1 is 1.43 bits per heavy atom. The molecule has 1 fully saturated rings. The molecule has 0 radical (unpaired) electrons. The summed E-state index contributed by atoms with van der Waals surface area (Å²) in [6.45, 7) is 0.655. The summed E-state index contributed by atoms with van der Waals surface area (Å²) in [5, 5.41) is 0. The Morgan fingerprint density at radius 2 is 2.29 bits per heavy atom. The summed E-state index contributed by atoms with van der Waals surface area (Å²) in [6.07, 6.45) is 5.41. The third-order valence-corrected chi connectivity index (χ3v) is 3.87. The van der Waals surface area contributed by atoms with Gasteiger partial charge in [0.05, 0.1) is 7.11 Å². The van der Waals surface area contributed by atoms with Gasteiger partial charge < -0.3 is 9.47 Å². The second-order valence-corrected chi connectivity index (χ2v) is 5.52. The molecule has 114 valence electrons. The van der Waals surface area contributed by atoms with Crippen molar-refractivity contribution in [3.05, 3.63) is 28.0 Å². The Labute approximate surface area is 126 Å². The molecule has 1 N–H and O–H groups in total. The number of carbonyl (C=O) groups is 2. The molecule has 0 spiro atoms. The van der Waals surface area contributed by atoms with Gasteiger partial charge in [0.2, 0.25) is 0 Å². The van der Waals surface area contributed by atoms with Crippen LogP contribution in [0, 0.1) is 0 Å². The fraction of sp³-hybridized carbons (Fsp3) is 0.429. The number of esters is 1. The van der Waals surface area contributed by atoms with Crippen LogP contribution in [0.4, 0.5) is 0 Å². The lowest BCUT2D eigenvalue weighted by Crippen LogP contribution is -2.32. The third kappa shape index (κ3) is 4.96. The van der Waals surface area contributed by atoms with Crippen LogP contribution in [0.2, 0.25) is 0 Å². The van der Waals surface area contributed by atoms with Gasteiger partial charge in [0.15, 0.2) is 6.29 Å². The molecule has 1 amide bonds. The van der Waals surface area contributed by atoms with Gasteiger partial charge in [0.25, 0.3) is 5.91 Å². The van der Waals surface area contributed by atoms with Crippen LogP contribution in [-0.4, -0.2) is 31.9 Å². The molecule has 1 aromatic rings. The third-order valence-electron chi connectivity index (χ3n) is 2.84. The number of hydrogen-bond donors (Lipinski definition) is 1. The van der Waals surface area contributed by atoms with Crippen LogP contribution in [0.1, 0.15) is 33.8 Å². The molecule has 1 aliphatic heterocycles. The summed E-state index contributed by atoms with van der Waals surface area (Å²) in [5.41, 5.74) is 2.33. The molecule has 0 saturated carbocycles. The van der Waals surface area contributed by atoms with Crippen LogP contribution >= 0.6 is 11.3 Å². The fourth-order valence-corrected chi connectivity index (χ4v) is 2.60. The molecule has 21 heavy (non-hydrogen) atoms. The molecule has 1 atom stereocenters. The van der Waals surface area contributed by atoms with Crippen molar-refractivity contribution >= 4 is 29.3 Å². The highest BCUT2D eigenvalue weighted by Crippen LogP contribution is 2.18. The Hall–Kier alpha value is -1.70. The predicted octanol–water partition coefficient (Wildman–Crippen LogP) is 2.12. The van der Waals surface area contributed by atoms with Crippen LogP contribution in [-0.2, 0) is 19.1 Å². The van der Waals surface area contributed by atoms with E-state index in [4.69, 9.17) is 9.57 Å². The van der Waals surface area contributed by atoms with Crippen molar-refractivity contribution in [1.82, 2.24) is 5.48 Å². The van der Waals surface area contributed by atoms with Crippen molar-refractivity contribution in [2.45, 2.75) is 25.6 Å². The first kappa shape index (κ1) is 15.7. The van der Waals surface area contributed by atoms with Gasteiger partial charge in [-0.25, -0.2) is 15.1 Å². The zero-order chi connectivity index (χ0) is 15.1. The SMILES string of the molecule is COC(=O)c1ccc(/C=C/C(=O)NOC2CCCCO2)s1. The number of thiophene rings is 1. The van der Waals surface area contributed by atoms with E-state index < -0.39 is 0 Å². The second-order valence-electron chi connectivity index (χ2n) is 4.41. The van der Waals surface area contributed by atoms with Crippen molar-refractivity contribution < 1.29 is 23.9 Å². The van der Waals surface area contributed by atoms with E-state index in [-0.39, 0.29) is 18.2 Å². The largest absolute Gasteiger partial charge is 0.465 e. The molecule has 1 unspecified atom stereocenters. The van der Waals surface area contributed by atoms with Crippen LogP contribution in [0.25, 0.3) is 6.08 Å². The van der Waals surface area contributed by atoms with Gasteiger partial charge in [-0.3, -0.25) is 4.79 Å². The molecule has 0 bridgehead atoms. The van der Waals surface area contributed by atoms with Gasteiger partial charge in [0, 0.05) is 24.0 Å². The molecule has 7 heteroatoms. The standard InChI is InChI=1S/C14H17NO5S/c1-18-14(17)11-7-5-10(21-11)6-8-12(16)15-20-13-4-2-3-9-19-13/h5-8,13H,2-4,9H2,1H3,(H,15,16)/b8-6+. The maximum atomic E-state index is 11.6. The summed E-state index contributed by atoms with van der Waals surface area (Å²) < 4.78 is 9.94. The Morgan fingerprint density at radius 3 is 3.00 bits per heavy atom. The number of amides is 1. The highest BCUT2D eigenvalue weighted by Gasteiger charge is 2.15. The van der Waals surface area contributed by atoms with E-state index in [1.165, 1.54) is 24.5 Å². The van der Waals surface area contributed by atoms with Gasteiger partial charge in [-0.1, -0.05) is 0 Å². The number of rotatable bonds is 5. The van der Waals surface area contributed by atoms with Gasteiger partial charge in [0.1, 0.15) is 4.88 Å². The second kappa shape index (κ2) is 7.92. The number of methoxy groups -OCH3 is 1.